The van der Waals surface area contributed by atoms with E-state index in [9.17, 15) is 9.59 Å². The molecule has 3 rings (SSSR count). The Morgan fingerprint density at radius 1 is 0.944 bits per heavy atom. The maximum atomic E-state index is 13.6. The van der Waals surface area contributed by atoms with Gasteiger partial charge in [-0.05, 0) is 55.2 Å². The lowest BCUT2D eigenvalue weighted by Crippen LogP contribution is -2.52. The van der Waals surface area contributed by atoms with E-state index >= 15 is 0 Å². The number of benzene rings is 3. The molecule has 0 bridgehead atoms. The van der Waals surface area contributed by atoms with E-state index in [1.807, 2.05) is 92.7 Å². The van der Waals surface area contributed by atoms with Gasteiger partial charge in [0.1, 0.15) is 11.8 Å². The van der Waals surface area contributed by atoms with Crippen molar-refractivity contribution in [2.45, 2.75) is 58.2 Å². The van der Waals surface area contributed by atoms with Crippen LogP contribution in [0.1, 0.15) is 44.2 Å². The number of carbonyl (C=O) groups excluding carboxylic acids is 2. The molecular formula is C30H35ClN2O3. The Morgan fingerprint density at radius 3 is 2.28 bits per heavy atom. The lowest BCUT2D eigenvalue weighted by Gasteiger charge is -2.32. The van der Waals surface area contributed by atoms with Gasteiger partial charge in [-0.1, -0.05) is 79.2 Å². The minimum atomic E-state index is -0.650. The average Bonchev–Trinajstić information content (AvgIpc) is 2.89. The number of rotatable bonds is 13. The second-order valence-corrected chi connectivity index (χ2v) is 9.38. The van der Waals surface area contributed by atoms with Crippen LogP contribution in [0.3, 0.4) is 0 Å². The lowest BCUT2D eigenvalue weighted by atomic mass is 10.0. The van der Waals surface area contributed by atoms with Gasteiger partial charge in [-0.2, -0.15) is 0 Å². The van der Waals surface area contributed by atoms with Crippen molar-refractivity contribution in [1.29, 1.82) is 0 Å². The molecule has 0 heterocycles. The Hall–Kier alpha value is -3.31. The van der Waals surface area contributed by atoms with Crippen molar-refractivity contribution < 1.29 is 14.3 Å². The fraction of sp³-hybridized carbons (Fsp3) is 0.333. The minimum Gasteiger partial charge on any atom is -0.494 e. The van der Waals surface area contributed by atoms with Crippen LogP contribution in [-0.2, 0) is 22.6 Å². The quantitative estimate of drug-likeness (QED) is 0.287. The summed E-state index contributed by atoms with van der Waals surface area (Å²) >= 11 is 6.23. The molecule has 1 N–H and O–H groups in total. The number of amides is 2. The van der Waals surface area contributed by atoms with Gasteiger partial charge in [-0.15, -0.1) is 0 Å². The van der Waals surface area contributed by atoms with Crippen LogP contribution in [0.5, 0.6) is 5.75 Å². The molecule has 3 aromatic rings. The van der Waals surface area contributed by atoms with Crippen molar-refractivity contribution in [3.05, 3.63) is 101 Å². The largest absolute Gasteiger partial charge is 0.494 e. The zero-order valence-corrected chi connectivity index (χ0v) is 21.8. The first-order valence-corrected chi connectivity index (χ1v) is 12.9. The zero-order chi connectivity index (χ0) is 25.8. The third kappa shape index (κ3) is 8.72. The first kappa shape index (κ1) is 27.3. The summed E-state index contributed by atoms with van der Waals surface area (Å²) in [5.74, 6) is 0.534. The van der Waals surface area contributed by atoms with E-state index in [1.165, 1.54) is 0 Å². The summed E-state index contributed by atoms with van der Waals surface area (Å²) in [4.78, 5) is 28.8. The van der Waals surface area contributed by atoms with Crippen molar-refractivity contribution in [1.82, 2.24) is 10.2 Å². The molecule has 0 aliphatic rings. The lowest BCUT2D eigenvalue weighted by molar-refractivity contribution is -0.141. The molecule has 0 saturated heterocycles. The van der Waals surface area contributed by atoms with Crippen LogP contribution in [0.25, 0.3) is 0 Å². The molecule has 2 amide bonds. The standard InChI is InChI=1S/C30H35ClN2O3/c1-3-23(2)32-30(35)28(21-24-12-6-4-7-13-24)33(22-25-14-10-15-26(31)20-25)29(34)18-11-19-36-27-16-8-5-9-17-27/h4-10,12-17,20,23,28H,3,11,18-19,21-22H2,1-2H3,(H,32,35). The number of carbonyl (C=O) groups is 2. The van der Waals surface area contributed by atoms with Gasteiger partial charge in [0.2, 0.25) is 11.8 Å². The third-order valence-electron chi connectivity index (χ3n) is 6.06. The summed E-state index contributed by atoms with van der Waals surface area (Å²) in [6, 6.07) is 26.1. The second kappa shape index (κ2) is 14.3. The van der Waals surface area contributed by atoms with Gasteiger partial charge in [0.05, 0.1) is 6.61 Å². The molecular weight excluding hydrogens is 472 g/mol. The summed E-state index contributed by atoms with van der Waals surface area (Å²) in [5, 5.41) is 3.68. The Balaban J connectivity index is 1.80. The number of nitrogens with zero attached hydrogens (tertiary/aromatic N) is 1. The summed E-state index contributed by atoms with van der Waals surface area (Å²) in [6.45, 7) is 4.72. The predicted octanol–water partition coefficient (Wildman–Crippen LogP) is 6.05. The van der Waals surface area contributed by atoms with Gasteiger partial charge in [0, 0.05) is 30.5 Å². The van der Waals surface area contributed by atoms with Crippen LogP contribution in [0.15, 0.2) is 84.9 Å². The first-order valence-electron chi connectivity index (χ1n) is 12.5. The van der Waals surface area contributed by atoms with Gasteiger partial charge < -0.3 is 15.0 Å². The number of ether oxygens (including phenoxy) is 1. The zero-order valence-electron chi connectivity index (χ0n) is 21.0. The first-order chi connectivity index (χ1) is 17.5. The summed E-state index contributed by atoms with van der Waals surface area (Å²) in [7, 11) is 0. The third-order valence-corrected chi connectivity index (χ3v) is 6.30. The van der Waals surface area contributed by atoms with E-state index in [-0.39, 0.29) is 24.3 Å². The molecule has 36 heavy (non-hydrogen) atoms. The van der Waals surface area contributed by atoms with Crippen LogP contribution in [-0.4, -0.2) is 35.4 Å². The number of hydrogen-bond acceptors (Lipinski definition) is 3. The highest BCUT2D eigenvalue weighted by Crippen LogP contribution is 2.19. The van der Waals surface area contributed by atoms with Crippen molar-refractivity contribution in [3.8, 4) is 5.75 Å². The van der Waals surface area contributed by atoms with E-state index in [2.05, 4.69) is 5.32 Å². The molecule has 0 saturated carbocycles. The maximum absolute atomic E-state index is 13.6. The smallest absolute Gasteiger partial charge is 0.243 e. The van der Waals surface area contributed by atoms with Gasteiger partial charge in [-0.25, -0.2) is 0 Å². The molecule has 2 unspecified atom stereocenters. The van der Waals surface area contributed by atoms with Crippen LogP contribution in [0, 0.1) is 0 Å². The summed E-state index contributed by atoms with van der Waals surface area (Å²) < 4.78 is 5.77. The molecule has 0 fully saturated rings. The van der Waals surface area contributed by atoms with Gasteiger partial charge in [0.15, 0.2) is 0 Å². The maximum Gasteiger partial charge on any atom is 0.243 e. The van der Waals surface area contributed by atoms with E-state index in [4.69, 9.17) is 16.3 Å². The van der Waals surface area contributed by atoms with Crippen LogP contribution in [0.4, 0.5) is 0 Å². The highest BCUT2D eigenvalue weighted by atomic mass is 35.5. The van der Waals surface area contributed by atoms with Crippen molar-refractivity contribution >= 4 is 23.4 Å². The van der Waals surface area contributed by atoms with Crippen LogP contribution in [0.2, 0.25) is 5.02 Å². The predicted molar refractivity (Wildman–Crippen MR) is 145 cm³/mol. The topological polar surface area (TPSA) is 58.6 Å². The Kier molecular flexibility index (Phi) is 10.8. The van der Waals surface area contributed by atoms with Crippen LogP contribution < -0.4 is 10.1 Å². The second-order valence-electron chi connectivity index (χ2n) is 8.94. The van der Waals surface area contributed by atoms with Crippen LogP contribution >= 0.6 is 11.6 Å². The molecule has 2 atom stereocenters. The number of nitrogens with one attached hydrogen (secondary N) is 1. The molecule has 0 aromatic heterocycles. The highest BCUT2D eigenvalue weighted by Gasteiger charge is 2.30. The molecule has 3 aromatic carbocycles. The average molecular weight is 507 g/mol. The van der Waals surface area contributed by atoms with Gasteiger partial charge >= 0.3 is 0 Å². The van der Waals surface area contributed by atoms with Crippen molar-refractivity contribution in [3.63, 3.8) is 0 Å². The van der Waals surface area contributed by atoms with E-state index < -0.39 is 6.04 Å². The Labute approximate surface area is 219 Å². The Bertz CT molecular complexity index is 1090. The molecule has 0 aliphatic carbocycles. The Morgan fingerprint density at radius 2 is 1.61 bits per heavy atom. The fourth-order valence-electron chi connectivity index (χ4n) is 3.90. The number of halogens is 1. The molecule has 6 heteroatoms. The van der Waals surface area contributed by atoms with E-state index in [1.54, 1.807) is 11.0 Å². The molecule has 190 valence electrons. The van der Waals surface area contributed by atoms with Gasteiger partial charge in [0.25, 0.3) is 0 Å². The normalized spacial score (nSPS) is 12.4. The van der Waals surface area contributed by atoms with E-state index in [0.29, 0.717) is 31.0 Å². The summed E-state index contributed by atoms with van der Waals surface area (Å²) in [6.07, 6.45) is 2.05. The minimum absolute atomic E-state index is 0.0122. The monoisotopic (exact) mass is 506 g/mol. The number of para-hydroxylation sites is 1. The molecule has 0 radical (unpaired) electrons. The molecule has 0 spiro atoms. The van der Waals surface area contributed by atoms with E-state index in [0.717, 1.165) is 23.3 Å². The molecule has 5 nitrogen and oxygen atoms in total. The highest BCUT2D eigenvalue weighted by molar-refractivity contribution is 6.30. The molecule has 0 aliphatic heterocycles. The SMILES string of the molecule is CCC(C)NC(=O)C(Cc1ccccc1)N(Cc1cccc(Cl)c1)C(=O)CCCOc1ccccc1. The van der Waals surface area contributed by atoms with Crippen molar-refractivity contribution in [2.75, 3.05) is 6.61 Å². The van der Waals surface area contributed by atoms with Gasteiger partial charge in [-0.3, -0.25) is 9.59 Å². The summed E-state index contributed by atoms with van der Waals surface area (Å²) in [5.41, 5.74) is 1.88. The van der Waals surface area contributed by atoms with Crippen molar-refractivity contribution in [2.24, 2.45) is 0 Å². The fourth-order valence-corrected chi connectivity index (χ4v) is 4.11. The number of hydrogen-bond donors (Lipinski definition) is 1.